The van der Waals surface area contributed by atoms with E-state index in [9.17, 15) is 17.6 Å². The second-order valence-corrected chi connectivity index (χ2v) is 7.92. The first kappa shape index (κ1) is 16.4. The maximum atomic E-state index is 13.4. The smallest absolute Gasteiger partial charge is 0.265 e. The van der Waals surface area contributed by atoms with E-state index in [0.717, 1.165) is 17.9 Å². The number of sulfone groups is 1. The molecule has 5 nitrogen and oxygen atoms in total. The minimum Gasteiger partial charge on any atom is -0.480 e. The molecule has 3 rings (SSSR count). The Morgan fingerprint density at radius 2 is 2.04 bits per heavy atom. The van der Waals surface area contributed by atoms with Crippen molar-refractivity contribution in [2.45, 2.75) is 18.3 Å². The SMILES string of the molecule is CS(=O)(=O)Cc1cc(F)ccc1NC(=O)[C@H]1Cc2ccccc2O1. The number of fused-ring (bicyclic) bond motifs is 1. The van der Waals surface area contributed by atoms with Gasteiger partial charge in [-0.05, 0) is 35.4 Å². The van der Waals surface area contributed by atoms with Crippen LogP contribution in [0.25, 0.3) is 0 Å². The zero-order chi connectivity index (χ0) is 17.3. The fourth-order valence-corrected chi connectivity index (χ4v) is 3.43. The normalized spacial score (nSPS) is 16.3. The van der Waals surface area contributed by atoms with Gasteiger partial charge in [-0.3, -0.25) is 4.79 Å². The van der Waals surface area contributed by atoms with Gasteiger partial charge in [0.25, 0.3) is 5.91 Å². The van der Waals surface area contributed by atoms with Crippen molar-refractivity contribution in [3.63, 3.8) is 0 Å². The lowest BCUT2D eigenvalue weighted by Gasteiger charge is -2.14. The summed E-state index contributed by atoms with van der Waals surface area (Å²) in [5.74, 6) is -0.650. The van der Waals surface area contributed by atoms with Gasteiger partial charge < -0.3 is 10.1 Å². The summed E-state index contributed by atoms with van der Waals surface area (Å²) in [6.45, 7) is 0. The van der Waals surface area contributed by atoms with Crippen LogP contribution in [-0.2, 0) is 26.8 Å². The van der Waals surface area contributed by atoms with Gasteiger partial charge in [0.15, 0.2) is 15.9 Å². The maximum absolute atomic E-state index is 13.4. The Morgan fingerprint density at radius 3 is 2.75 bits per heavy atom. The summed E-state index contributed by atoms with van der Waals surface area (Å²) in [5, 5.41) is 2.64. The van der Waals surface area contributed by atoms with Crippen LogP contribution in [0.4, 0.5) is 10.1 Å². The van der Waals surface area contributed by atoms with E-state index in [2.05, 4.69) is 5.32 Å². The standard InChI is InChI=1S/C17H16FNO4S/c1-24(21,22)10-12-8-13(18)6-7-14(12)19-17(20)16-9-11-4-2-3-5-15(11)23-16/h2-8,16H,9-10H2,1H3,(H,19,20)/t16-/m1/s1. The van der Waals surface area contributed by atoms with Gasteiger partial charge in [0, 0.05) is 18.4 Å². The molecule has 1 N–H and O–H groups in total. The number of anilines is 1. The lowest BCUT2D eigenvalue weighted by atomic mass is 10.1. The Morgan fingerprint density at radius 1 is 1.29 bits per heavy atom. The Kier molecular flexibility index (Phi) is 4.28. The molecule has 7 heteroatoms. The highest BCUT2D eigenvalue weighted by Crippen LogP contribution is 2.29. The van der Waals surface area contributed by atoms with Gasteiger partial charge in [-0.15, -0.1) is 0 Å². The predicted octanol–water partition coefficient (Wildman–Crippen LogP) is 2.31. The molecule has 1 heterocycles. The molecular formula is C17H16FNO4S. The molecule has 1 aliphatic heterocycles. The van der Waals surface area contributed by atoms with Crippen molar-refractivity contribution < 1.29 is 22.3 Å². The number of para-hydroxylation sites is 1. The molecule has 2 aromatic carbocycles. The number of hydrogen-bond acceptors (Lipinski definition) is 4. The summed E-state index contributed by atoms with van der Waals surface area (Å²) in [5.41, 5.74) is 1.42. The first-order chi connectivity index (χ1) is 11.3. The molecule has 0 bridgehead atoms. The van der Waals surface area contributed by atoms with Crippen molar-refractivity contribution >= 4 is 21.4 Å². The first-order valence-corrected chi connectivity index (χ1v) is 9.39. The summed E-state index contributed by atoms with van der Waals surface area (Å²) < 4.78 is 42.0. The van der Waals surface area contributed by atoms with E-state index in [1.165, 1.54) is 12.1 Å². The molecule has 0 radical (unpaired) electrons. The van der Waals surface area contributed by atoms with Crippen molar-refractivity contribution in [1.29, 1.82) is 0 Å². The summed E-state index contributed by atoms with van der Waals surface area (Å²) in [6, 6.07) is 11.0. The summed E-state index contributed by atoms with van der Waals surface area (Å²) in [7, 11) is -3.36. The average molecular weight is 349 g/mol. The number of benzene rings is 2. The highest BCUT2D eigenvalue weighted by molar-refractivity contribution is 7.89. The number of amides is 1. The van der Waals surface area contributed by atoms with Crippen molar-refractivity contribution in [2.75, 3.05) is 11.6 Å². The fraction of sp³-hybridized carbons (Fsp3) is 0.235. The Bertz CT molecular complexity index is 870. The minimum absolute atomic E-state index is 0.210. The van der Waals surface area contributed by atoms with Gasteiger partial charge in [0.1, 0.15) is 11.6 Å². The van der Waals surface area contributed by atoms with Crippen LogP contribution in [0.3, 0.4) is 0 Å². The van der Waals surface area contributed by atoms with E-state index in [4.69, 9.17) is 4.74 Å². The molecule has 0 aliphatic carbocycles. The largest absolute Gasteiger partial charge is 0.480 e. The van der Waals surface area contributed by atoms with Gasteiger partial charge >= 0.3 is 0 Å². The van der Waals surface area contributed by atoms with Crippen LogP contribution in [0.15, 0.2) is 42.5 Å². The zero-order valence-corrected chi connectivity index (χ0v) is 13.8. The number of hydrogen-bond donors (Lipinski definition) is 1. The topological polar surface area (TPSA) is 72.5 Å². The van der Waals surface area contributed by atoms with E-state index in [0.29, 0.717) is 12.2 Å². The van der Waals surface area contributed by atoms with Gasteiger partial charge in [-0.1, -0.05) is 18.2 Å². The molecule has 24 heavy (non-hydrogen) atoms. The summed E-state index contributed by atoms with van der Waals surface area (Å²) >= 11 is 0. The second kappa shape index (κ2) is 6.24. The molecule has 126 valence electrons. The van der Waals surface area contributed by atoms with Gasteiger partial charge in [0.05, 0.1) is 5.75 Å². The average Bonchev–Trinajstić information content (AvgIpc) is 2.92. The quantitative estimate of drug-likeness (QED) is 0.919. The number of ether oxygens (including phenoxy) is 1. The molecule has 0 saturated heterocycles. The minimum atomic E-state index is -3.36. The Balaban J connectivity index is 1.78. The van der Waals surface area contributed by atoms with Crippen molar-refractivity contribution in [3.05, 3.63) is 59.4 Å². The van der Waals surface area contributed by atoms with Crippen LogP contribution in [-0.4, -0.2) is 26.7 Å². The predicted molar refractivity (Wildman–Crippen MR) is 88.1 cm³/mol. The molecule has 0 fully saturated rings. The highest BCUT2D eigenvalue weighted by atomic mass is 32.2. The molecule has 0 aromatic heterocycles. The summed E-state index contributed by atoms with van der Waals surface area (Å²) in [6.07, 6.45) is 0.795. The first-order valence-electron chi connectivity index (χ1n) is 7.33. The molecule has 0 unspecified atom stereocenters. The van der Waals surface area contributed by atoms with Crippen LogP contribution >= 0.6 is 0 Å². The highest BCUT2D eigenvalue weighted by Gasteiger charge is 2.29. The third-order valence-electron chi connectivity index (χ3n) is 3.68. The van der Waals surface area contributed by atoms with E-state index < -0.39 is 27.7 Å². The van der Waals surface area contributed by atoms with Crippen LogP contribution in [0.2, 0.25) is 0 Å². The van der Waals surface area contributed by atoms with Crippen molar-refractivity contribution in [3.8, 4) is 5.75 Å². The van der Waals surface area contributed by atoms with Crippen LogP contribution < -0.4 is 10.1 Å². The van der Waals surface area contributed by atoms with E-state index in [-0.39, 0.29) is 17.0 Å². The molecule has 0 spiro atoms. The molecular weight excluding hydrogens is 333 g/mol. The van der Waals surface area contributed by atoms with Crippen LogP contribution in [0, 0.1) is 5.82 Å². The van der Waals surface area contributed by atoms with E-state index >= 15 is 0 Å². The number of carbonyl (C=O) groups excluding carboxylic acids is 1. The number of nitrogens with one attached hydrogen (secondary N) is 1. The molecule has 1 aliphatic rings. The third-order valence-corrected chi connectivity index (χ3v) is 4.52. The summed E-state index contributed by atoms with van der Waals surface area (Å²) in [4.78, 5) is 12.4. The van der Waals surface area contributed by atoms with Crippen LogP contribution in [0.1, 0.15) is 11.1 Å². The van der Waals surface area contributed by atoms with Gasteiger partial charge in [-0.2, -0.15) is 0 Å². The lowest BCUT2D eigenvalue weighted by molar-refractivity contribution is -0.122. The van der Waals surface area contributed by atoms with E-state index in [1.54, 1.807) is 6.07 Å². The molecule has 1 amide bonds. The fourth-order valence-electron chi connectivity index (χ4n) is 2.63. The van der Waals surface area contributed by atoms with Crippen LogP contribution in [0.5, 0.6) is 5.75 Å². The number of carbonyl (C=O) groups is 1. The Hall–Kier alpha value is -2.41. The monoisotopic (exact) mass is 349 g/mol. The molecule has 2 aromatic rings. The number of halogens is 1. The maximum Gasteiger partial charge on any atom is 0.265 e. The molecule has 0 saturated carbocycles. The zero-order valence-electron chi connectivity index (χ0n) is 13.0. The Labute approximate surface area is 139 Å². The lowest BCUT2D eigenvalue weighted by Crippen LogP contribution is -2.31. The molecule has 1 atom stereocenters. The second-order valence-electron chi connectivity index (χ2n) is 5.78. The van der Waals surface area contributed by atoms with Crippen molar-refractivity contribution in [2.24, 2.45) is 0 Å². The number of rotatable bonds is 4. The van der Waals surface area contributed by atoms with Gasteiger partial charge in [0.2, 0.25) is 0 Å². The van der Waals surface area contributed by atoms with Gasteiger partial charge in [-0.25, -0.2) is 12.8 Å². The third kappa shape index (κ3) is 3.73. The van der Waals surface area contributed by atoms with Crippen molar-refractivity contribution in [1.82, 2.24) is 0 Å². The van der Waals surface area contributed by atoms with E-state index in [1.807, 2.05) is 18.2 Å².